The number of ether oxygens (including phenoxy) is 1. The third-order valence-corrected chi connectivity index (χ3v) is 6.54. The second-order valence-electron chi connectivity index (χ2n) is 7.72. The van der Waals surface area contributed by atoms with Crippen LogP contribution in [0.5, 0.6) is 5.75 Å². The lowest BCUT2D eigenvalue weighted by atomic mass is 9.89. The molecule has 0 unspecified atom stereocenters. The number of benzene rings is 2. The second kappa shape index (κ2) is 9.43. The van der Waals surface area contributed by atoms with Crippen LogP contribution in [0.1, 0.15) is 42.5 Å². The molecule has 0 aliphatic heterocycles. The first-order chi connectivity index (χ1) is 15.0. The molecule has 2 aromatic carbocycles. The van der Waals surface area contributed by atoms with E-state index in [2.05, 4.69) is 33.7 Å². The number of aryl methyl sites for hydroxylation is 2. The Balaban J connectivity index is 1.35. The molecule has 0 radical (unpaired) electrons. The van der Waals surface area contributed by atoms with E-state index < -0.39 is 0 Å². The van der Waals surface area contributed by atoms with Crippen molar-refractivity contribution in [3.8, 4) is 17.1 Å². The molecule has 7 nitrogen and oxygen atoms in total. The lowest BCUT2D eigenvalue weighted by Gasteiger charge is -2.20. The summed E-state index contributed by atoms with van der Waals surface area (Å²) in [5, 5.41) is 11.9. The van der Waals surface area contributed by atoms with E-state index in [-0.39, 0.29) is 17.7 Å². The van der Waals surface area contributed by atoms with Crippen LogP contribution < -0.4 is 15.9 Å². The number of carbonyl (C=O) groups excluding carboxylic acids is 1. The smallest absolute Gasteiger partial charge is 0.230 e. The molecule has 1 heterocycles. The van der Waals surface area contributed by atoms with Crippen molar-refractivity contribution in [1.82, 2.24) is 20.2 Å². The Morgan fingerprint density at radius 1 is 1.16 bits per heavy atom. The van der Waals surface area contributed by atoms with Crippen LogP contribution in [0.3, 0.4) is 0 Å². The van der Waals surface area contributed by atoms with Crippen LogP contribution in [0.2, 0.25) is 0 Å². The third kappa shape index (κ3) is 4.85. The minimum Gasteiger partial charge on any atom is -0.497 e. The maximum absolute atomic E-state index is 12.5. The summed E-state index contributed by atoms with van der Waals surface area (Å²) in [6, 6.07) is 13.9. The molecule has 4 rings (SSSR count). The number of thioether (sulfide) groups is 1. The highest BCUT2D eigenvalue weighted by molar-refractivity contribution is 7.99. The van der Waals surface area contributed by atoms with Gasteiger partial charge in [0.25, 0.3) is 0 Å². The molecule has 8 heteroatoms. The second-order valence-corrected chi connectivity index (χ2v) is 8.66. The van der Waals surface area contributed by atoms with E-state index in [0.29, 0.717) is 11.0 Å². The predicted molar refractivity (Wildman–Crippen MR) is 123 cm³/mol. The summed E-state index contributed by atoms with van der Waals surface area (Å²) in [5.74, 6) is 7.60. The lowest BCUT2D eigenvalue weighted by Crippen LogP contribution is -2.28. The van der Waals surface area contributed by atoms with Gasteiger partial charge >= 0.3 is 0 Å². The minimum atomic E-state index is -0.0655. The van der Waals surface area contributed by atoms with Crippen molar-refractivity contribution in [3.05, 3.63) is 59.2 Å². The molecule has 0 spiro atoms. The molecule has 3 aromatic rings. The van der Waals surface area contributed by atoms with Gasteiger partial charge in [-0.1, -0.05) is 30.0 Å². The van der Waals surface area contributed by atoms with Crippen LogP contribution in [-0.4, -0.2) is 33.6 Å². The molecule has 0 saturated heterocycles. The number of amides is 1. The van der Waals surface area contributed by atoms with Crippen LogP contribution in [0.25, 0.3) is 11.4 Å². The standard InChI is InChI=1S/C23H27N5O2S/c1-15(18-8-7-16-5-3-4-6-19(16)13-18)25-21(29)14-31-23-27-26-22(28(23)24)17-9-11-20(30-2)12-10-17/h7-13,15H,3-6,14,24H2,1-2H3,(H,25,29)/t15-/m0/s1. The van der Waals surface area contributed by atoms with E-state index in [9.17, 15) is 4.79 Å². The van der Waals surface area contributed by atoms with Gasteiger partial charge in [0, 0.05) is 5.56 Å². The van der Waals surface area contributed by atoms with Gasteiger partial charge in [-0.3, -0.25) is 4.79 Å². The number of nitrogens with zero attached hydrogens (tertiary/aromatic N) is 3. The van der Waals surface area contributed by atoms with Gasteiger partial charge in [-0.2, -0.15) is 0 Å². The summed E-state index contributed by atoms with van der Waals surface area (Å²) in [6.45, 7) is 2.01. The average Bonchev–Trinajstić information content (AvgIpc) is 3.17. The normalized spacial score (nSPS) is 14.0. The van der Waals surface area contributed by atoms with E-state index in [4.69, 9.17) is 10.6 Å². The number of nitrogens with one attached hydrogen (secondary N) is 1. The highest BCUT2D eigenvalue weighted by atomic mass is 32.2. The quantitative estimate of drug-likeness (QED) is 0.434. The minimum absolute atomic E-state index is 0.0501. The summed E-state index contributed by atoms with van der Waals surface area (Å²) in [5.41, 5.74) is 4.83. The van der Waals surface area contributed by atoms with E-state index in [1.165, 1.54) is 40.4 Å². The molecule has 31 heavy (non-hydrogen) atoms. The highest BCUT2D eigenvalue weighted by Gasteiger charge is 2.17. The average molecular weight is 438 g/mol. The van der Waals surface area contributed by atoms with Crippen molar-refractivity contribution < 1.29 is 9.53 Å². The number of nitrogens with two attached hydrogens (primary N) is 1. The molecule has 1 aromatic heterocycles. The highest BCUT2D eigenvalue weighted by Crippen LogP contribution is 2.26. The zero-order valence-corrected chi connectivity index (χ0v) is 18.6. The molecule has 162 valence electrons. The molecule has 1 atom stereocenters. The summed E-state index contributed by atoms with van der Waals surface area (Å²) < 4.78 is 6.58. The Hall–Kier alpha value is -3.00. The first kappa shape index (κ1) is 21.2. The molecule has 0 fully saturated rings. The summed E-state index contributed by atoms with van der Waals surface area (Å²) in [6.07, 6.45) is 4.79. The Bertz CT molecular complexity index is 1060. The van der Waals surface area contributed by atoms with E-state index in [0.717, 1.165) is 29.7 Å². The predicted octanol–water partition coefficient (Wildman–Crippen LogP) is 3.52. The zero-order chi connectivity index (χ0) is 21.8. The first-order valence-corrected chi connectivity index (χ1v) is 11.4. The fourth-order valence-electron chi connectivity index (χ4n) is 3.83. The molecule has 1 aliphatic carbocycles. The number of nitrogen functional groups attached to an aromatic ring is 1. The van der Waals surface area contributed by atoms with Crippen molar-refractivity contribution in [2.75, 3.05) is 18.7 Å². The van der Waals surface area contributed by atoms with Gasteiger partial charge in [-0.25, -0.2) is 4.68 Å². The summed E-state index contributed by atoms with van der Waals surface area (Å²) >= 11 is 1.27. The number of methoxy groups -OCH3 is 1. The van der Waals surface area contributed by atoms with Crippen LogP contribution in [0.4, 0.5) is 0 Å². The SMILES string of the molecule is COc1ccc(-c2nnc(SCC(=O)N[C@@H](C)c3ccc4c(c3)CCCC4)n2N)cc1. The number of rotatable bonds is 7. The molecule has 1 amide bonds. The Morgan fingerprint density at radius 2 is 1.90 bits per heavy atom. The van der Waals surface area contributed by atoms with Gasteiger partial charge in [-0.05, 0) is 73.6 Å². The van der Waals surface area contributed by atoms with Gasteiger partial charge < -0.3 is 15.9 Å². The van der Waals surface area contributed by atoms with Crippen LogP contribution in [0, 0.1) is 0 Å². The third-order valence-electron chi connectivity index (χ3n) is 5.60. The van der Waals surface area contributed by atoms with Gasteiger partial charge in [0.05, 0.1) is 18.9 Å². The number of fused-ring (bicyclic) bond motifs is 1. The van der Waals surface area contributed by atoms with Gasteiger partial charge in [0.2, 0.25) is 11.1 Å². The monoisotopic (exact) mass is 437 g/mol. The van der Waals surface area contributed by atoms with E-state index in [1.807, 2.05) is 31.2 Å². The van der Waals surface area contributed by atoms with Crippen LogP contribution in [-0.2, 0) is 17.6 Å². The van der Waals surface area contributed by atoms with Crippen molar-refractivity contribution in [2.45, 2.75) is 43.8 Å². The van der Waals surface area contributed by atoms with Crippen LogP contribution in [0.15, 0.2) is 47.6 Å². The van der Waals surface area contributed by atoms with Crippen molar-refractivity contribution >= 4 is 17.7 Å². The molecule has 1 aliphatic rings. The topological polar surface area (TPSA) is 95.1 Å². The number of hydrogen-bond donors (Lipinski definition) is 2. The summed E-state index contributed by atoms with van der Waals surface area (Å²) in [7, 11) is 1.62. The fraction of sp³-hybridized carbons (Fsp3) is 0.348. The van der Waals surface area contributed by atoms with Crippen molar-refractivity contribution in [2.24, 2.45) is 0 Å². The molecular weight excluding hydrogens is 410 g/mol. The van der Waals surface area contributed by atoms with Crippen molar-refractivity contribution in [3.63, 3.8) is 0 Å². The molecule has 0 saturated carbocycles. The molecular formula is C23H27N5O2S. The maximum Gasteiger partial charge on any atom is 0.230 e. The lowest BCUT2D eigenvalue weighted by molar-refractivity contribution is -0.119. The van der Waals surface area contributed by atoms with Crippen LogP contribution >= 0.6 is 11.8 Å². The Labute approximate surface area is 186 Å². The number of carbonyl (C=O) groups is 1. The summed E-state index contributed by atoms with van der Waals surface area (Å²) in [4.78, 5) is 12.5. The fourth-order valence-corrected chi connectivity index (χ4v) is 4.50. The van der Waals surface area contributed by atoms with E-state index >= 15 is 0 Å². The van der Waals surface area contributed by atoms with E-state index in [1.54, 1.807) is 7.11 Å². The Kier molecular flexibility index (Phi) is 6.46. The molecule has 3 N–H and O–H groups in total. The maximum atomic E-state index is 12.5. The van der Waals surface area contributed by atoms with Crippen molar-refractivity contribution in [1.29, 1.82) is 0 Å². The van der Waals surface area contributed by atoms with Gasteiger partial charge in [0.15, 0.2) is 5.82 Å². The largest absolute Gasteiger partial charge is 0.497 e. The number of aromatic nitrogens is 3. The Morgan fingerprint density at radius 3 is 2.65 bits per heavy atom. The van der Waals surface area contributed by atoms with Gasteiger partial charge in [0.1, 0.15) is 5.75 Å². The van der Waals surface area contributed by atoms with Gasteiger partial charge in [-0.15, -0.1) is 10.2 Å². The zero-order valence-electron chi connectivity index (χ0n) is 17.8. The first-order valence-electron chi connectivity index (χ1n) is 10.4. The number of hydrogen-bond acceptors (Lipinski definition) is 6. The molecule has 0 bridgehead atoms.